The molecule has 1 aromatic carbocycles. The number of anilines is 1. The van der Waals surface area contributed by atoms with Gasteiger partial charge in [0, 0.05) is 45.3 Å². The number of carbonyl (C=O) groups is 3. The standard InChI is InChI=1S/C31H43FN6O4/c1-5-38-27(13-14-33-38)30(40)35-29(22(3)42-24-9-7-6-8-10-24)31(41)34-26-12-11-23(20-25(26)32)21(2)19-28(39)37-17-15-36(4)16-18-37/h11-14,20-21,24H,5-10,15-19H2,1-4H3,(H,34,41)(H,35,40)/b29-22-. The number of hydrogen-bond acceptors (Lipinski definition) is 6. The molecule has 1 saturated carbocycles. The number of rotatable bonds is 10. The Morgan fingerprint density at radius 1 is 1.10 bits per heavy atom. The maximum atomic E-state index is 15.3. The topological polar surface area (TPSA) is 109 Å². The fourth-order valence-electron chi connectivity index (χ4n) is 5.44. The number of piperazine rings is 1. The third kappa shape index (κ3) is 7.96. The number of allylic oxidation sites excluding steroid dienone is 1. The van der Waals surface area contributed by atoms with Crippen LogP contribution in [0.3, 0.4) is 0 Å². The van der Waals surface area contributed by atoms with E-state index >= 15 is 4.39 Å². The molecule has 0 bridgehead atoms. The maximum Gasteiger partial charge on any atom is 0.275 e. The van der Waals surface area contributed by atoms with Gasteiger partial charge in [-0.05, 0) is 76.3 Å². The van der Waals surface area contributed by atoms with Crippen molar-refractivity contribution in [2.45, 2.75) is 77.9 Å². The molecule has 42 heavy (non-hydrogen) atoms. The normalized spacial score (nSPS) is 17.8. The van der Waals surface area contributed by atoms with Gasteiger partial charge in [-0.25, -0.2) is 4.39 Å². The first-order valence-electron chi connectivity index (χ1n) is 14.9. The Morgan fingerprint density at radius 2 is 1.81 bits per heavy atom. The van der Waals surface area contributed by atoms with Gasteiger partial charge in [0.1, 0.15) is 23.0 Å². The Bertz CT molecular complexity index is 1290. The lowest BCUT2D eigenvalue weighted by atomic mass is 9.96. The molecule has 3 amide bonds. The highest BCUT2D eigenvalue weighted by Crippen LogP contribution is 2.26. The first-order valence-corrected chi connectivity index (χ1v) is 14.9. The largest absolute Gasteiger partial charge is 0.493 e. The molecule has 0 radical (unpaired) electrons. The van der Waals surface area contributed by atoms with Crippen LogP contribution in [0.5, 0.6) is 0 Å². The van der Waals surface area contributed by atoms with Gasteiger partial charge in [-0.3, -0.25) is 19.1 Å². The molecule has 2 heterocycles. The molecule has 0 spiro atoms. The number of ether oxygens (including phenoxy) is 1. The molecule has 2 aromatic rings. The number of hydrogen-bond donors (Lipinski definition) is 2. The molecule has 10 nitrogen and oxygen atoms in total. The van der Waals surface area contributed by atoms with E-state index in [-0.39, 0.29) is 41.5 Å². The Hall–Kier alpha value is -3.73. The van der Waals surface area contributed by atoms with E-state index in [1.807, 2.05) is 25.8 Å². The van der Waals surface area contributed by atoms with Crippen molar-refractivity contribution in [1.29, 1.82) is 0 Å². The molecule has 1 unspecified atom stereocenters. The molecule has 1 atom stereocenters. The van der Waals surface area contributed by atoms with E-state index in [0.29, 0.717) is 30.9 Å². The minimum Gasteiger partial charge on any atom is -0.493 e. The minimum absolute atomic E-state index is 0.0304. The number of benzene rings is 1. The summed E-state index contributed by atoms with van der Waals surface area (Å²) in [6.07, 6.45) is 6.71. The second kappa shape index (κ2) is 14.4. The van der Waals surface area contributed by atoms with Crippen LogP contribution in [0.25, 0.3) is 0 Å². The number of aryl methyl sites for hydroxylation is 1. The van der Waals surface area contributed by atoms with Gasteiger partial charge in [-0.2, -0.15) is 5.10 Å². The van der Waals surface area contributed by atoms with Gasteiger partial charge in [0.25, 0.3) is 11.8 Å². The van der Waals surface area contributed by atoms with Crippen LogP contribution in [0.1, 0.15) is 81.3 Å². The summed E-state index contributed by atoms with van der Waals surface area (Å²) in [4.78, 5) is 43.4. The molecular weight excluding hydrogens is 539 g/mol. The fraction of sp³-hybridized carbons (Fsp3) is 0.548. The number of nitrogens with one attached hydrogen (secondary N) is 2. The summed E-state index contributed by atoms with van der Waals surface area (Å²) >= 11 is 0. The van der Waals surface area contributed by atoms with E-state index in [1.165, 1.54) is 23.0 Å². The average molecular weight is 583 g/mol. The maximum absolute atomic E-state index is 15.3. The zero-order valence-corrected chi connectivity index (χ0v) is 25.1. The van der Waals surface area contributed by atoms with Crippen LogP contribution in [0.2, 0.25) is 0 Å². The summed E-state index contributed by atoms with van der Waals surface area (Å²) in [5, 5.41) is 9.41. The zero-order valence-electron chi connectivity index (χ0n) is 25.1. The van der Waals surface area contributed by atoms with Crippen LogP contribution in [0, 0.1) is 5.82 Å². The van der Waals surface area contributed by atoms with Crippen LogP contribution >= 0.6 is 0 Å². The first-order chi connectivity index (χ1) is 20.2. The SMILES string of the molecule is CCn1nccc1C(=O)N/C(C(=O)Nc1ccc(C(C)CC(=O)N2CCN(C)CC2)cc1F)=C(/C)OC1CCCCC1. The van der Waals surface area contributed by atoms with E-state index in [4.69, 9.17) is 4.74 Å². The highest BCUT2D eigenvalue weighted by molar-refractivity contribution is 6.08. The predicted molar refractivity (Wildman–Crippen MR) is 158 cm³/mol. The van der Waals surface area contributed by atoms with Crippen molar-refractivity contribution in [2.75, 3.05) is 38.5 Å². The molecule has 2 N–H and O–H groups in total. The van der Waals surface area contributed by atoms with E-state index in [1.54, 1.807) is 19.1 Å². The molecule has 1 aliphatic carbocycles. The Labute approximate surface area is 247 Å². The number of amides is 3. The number of nitrogens with zero attached hydrogens (tertiary/aromatic N) is 4. The van der Waals surface area contributed by atoms with E-state index in [9.17, 15) is 14.4 Å². The van der Waals surface area contributed by atoms with Crippen molar-refractivity contribution in [1.82, 2.24) is 24.9 Å². The first kappa shape index (κ1) is 31.2. The van der Waals surface area contributed by atoms with Gasteiger partial charge in [0.15, 0.2) is 0 Å². The number of likely N-dealkylation sites (N-methyl/N-ethyl adjacent to an activating group) is 1. The molecule has 4 rings (SSSR count). The fourth-order valence-corrected chi connectivity index (χ4v) is 5.44. The Morgan fingerprint density at radius 3 is 2.48 bits per heavy atom. The third-order valence-electron chi connectivity index (χ3n) is 8.11. The van der Waals surface area contributed by atoms with Crippen molar-refractivity contribution in [3.63, 3.8) is 0 Å². The van der Waals surface area contributed by atoms with Gasteiger partial charge < -0.3 is 25.2 Å². The van der Waals surface area contributed by atoms with Crippen molar-refractivity contribution >= 4 is 23.4 Å². The molecule has 1 saturated heterocycles. The van der Waals surface area contributed by atoms with E-state index < -0.39 is 17.6 Å². The third-order valence-corrected chi connectivity index (χ3v) is 8.11. The summed E-state index contributed by atoms with van der Waals surface area (Å²) in [5.74, 6) is -1.70. The Balaban J connectivity index is 1.47. The van der Waals surface area contributed by atoms with Crippen molar-refractivity contribution in [2.24, 2.45) is 0 Å². The summed E-state index contributed by atoms with van der Waals surface area (Å²) < 4.78 is 22.9. The van der Waals surface area contributed by atoms with Crippen LogP contribution in [-0.4, -0.2) is 76.6 Å². The second-order valence-corrected chi connectivity index (χ2v) is 11.3. The lowest BCUT2D eigenvalue weighted by molar-refractivity contribution is -0.133. The minimum atomic E-state index is -0.691. The number of aromatic nitrogens is 2. The highest BCUT2D eigenvalue weighted by atomic mass is 19.1. The zero-order chi connectivity index (χ0) is 30.2. The van der Waals surface area contributed by atoms with Gasteiger partial charge in [-0.1, -0.05) is 19.4 Å². The molecule has 1 aliphatic heterocycles. The number of halogens is 1. The number of carbonyl (C=O) groups excluding carboxylic acids is 3. The smallest absolute Gasteiger partial charge is 0.275 e. The van der Waals surface area contributed by atoms with Crippen LogP contribution in [0.4, 0.5) is 10.1 Å². The summed E-state index contributed by atoms with van der Waals surface area (Å²) in [7, 11) is 2.04. The molecular formula is C31H43FN6O4. The van der Waals surface area contributed by atoms with Crippen LogP contribution in [0.15, 0.2) is 41.9 Å². The van der Waals surface area contributed by atoms with Gasteiger partial charge in [-0.15, -0.1) is 0 Å². The molecule has 11 heteroatoms. The molecule has 2 fully saturated rings. The summed E-state index contributed by atoms with van der Waals surface area (Å²) in [6.45, 7) is 8.94. The van der Waals surface area contributed by atoms with Gasteiger partial charge in [0.2, 0.25) is 5.91 Å². The molecule has 1 aromatic heterocycles. The Kier molecular flexibility index (Phi) is 10.7. The molecule has 228 valence electrons. The van der Waals surface area contributed by atoms with E-state index in [2.05, 4.69) is 20.6 Å². The highest BCUT2D eigenvalue weighted by Gasteiger charge is 2.25. The summed E-state index contributed by atoms with van der Waals surface area (Å²) in [6, 6.07) is 6.13. The van der Waals surface area contributed by atoms with E-state index in [0.717, 1.165) is 45.2 Å². The van der Waals surface area contributed by atoms with Crippen molar-refractivity contribution in [3.8, 4) is 0 Å². The molecule has 2 aliphatic rings. The van der Waals surface area contributed by atoms with Crippen molar-refractivity contribution in [3.05, 3.63) is 59.0 Å². The van der Waals surface area contributed by atoms with Crippen molar-refractivity contribution < 1.29 is 23.5 Å². The lowest BCUT2D eigenvalue weighted by Gasteiger charge is -2.33. The monoisotopic (exact) mass is 582 g/mol. The van der Waals surface area contributed by atoms with Crippen LogP contribution < -0.4 is 10.6 Å². The average Bonchev–Trinajstić information content (AvgIpc) is 3.47. The van der Waals surface area contributed by atoms with Crippen LogP contribution in [-0.2, 0) is 20.9 Å². The lowest BCUT2D eigenvalue weighted by Crippen LogP contribution is -2.47. The quantitative estimate of drug-likeness (QED) is 0.320. The predicted octanol–water partition coefficient (Wildman–Crippen LogP) is 4.26. The van der Waals surface area contributed by atoms with Gasteiger partial charge >= 0.3 is 0 Å². The second-order valence-electron chi connectivity index (χ2n) is 11.3. The van der Waals surface area contributed by atoms with Gasteiger partial charge in [0.05, 0.1) is 11.8 Å². The summed E-state index contributed by atoms with van der Waals surface area (Å²) in [5.41, 5.74) is 0.854.